The molecule has 120 valence electrons. The van der Waals surface area contributed by atoms with Crippen LogP contribution in [0.4, 0.5) is 9.18 Å². The van der Waals surface area contributed by atoms with Crippen molar-refractivity contribution < 1.29 is 28.2 Å². The molecule has 0 aliphatic rings. The average Bonchev–Trinajstić information content (AvgIpc) is 2.32. The molecule has 0 aliphatic carbocycles. The number of carbonyl (C=O) groups excluding carboxylic acids is 3. The van der Waals surface area contributed by atoms with Crippen molar-refractivity contribution in [3.8, 4) is 0 Å². The number of carbonyl (C=O) groups is 3. The number of nitrogens with one attached hydrogen (secondary N) is 2. The number of alkyl carbamates (subject to hydrolysis) is 1. The Balaban J connectivity index is 4.38. The number of rotatable bonds is 5. The summed E-state index contributed by atoms with van der Waals surface area (Å²) in [5, 5.41) is 4.38. The van der Waals surface area contributed by atoms with Crippen molar-refractivity contribution in [2.45, 2.75) is 39.3 Å². The van der Waals surface area contributed by atoms with Gasteiger partial charge in [0.2, 0.25) is 0 Å². The number of hydrogen-bond donors (Lipinski definition) is 2. The highest BCUT2D eigenvalue weighted by Crippen LogP contribution is 2.07. The van der Waals surface area contributed by atoms with Gasteiger partial charge in [0.1, 0.15) is 12.1 Å². The quantitative estimate of drug-likeness (QED) is 0.585. The number of halogens is 1. The zero-order chi connectivity index (χ0) is 16.6. The molecule has 0 spiro atoms. The van der Waals surface area contributed by atoms with Gasteiger partial charge in [0, 0.05) is 0 Å². The van der Waals surface area contributed by atoms with Gasteiger partial charge < -0.3 is 20.1 Å². The molecule has 0 aliphatic heterocycles. The molecule has 0 fully saturated rings. The molecule has 2 N–H and O–H groups in total. The standard InChI is InChI=1S/C13H21FN2O5/c1-8(16-12(19)21-13(2,3)4)6-9(14)11(18)15-7-10(17)20-5/h6,8H,7H2,1-5H3,(H,15,18)(H,16,19)/b9-6-. The first-order valence-corrected chi connectivity index (χ1v) is 6.27. The monoisotopic (exact) mass is 304 g/mol. The Hall–Kier alpha value is -2.12. The van der Waals surface area contributed by atoms with Gasteiger partial charge in [0.05, 0.1) is 13.2 Å². The summed E-state index contributed by atoms with van der Waals surface area (Å²) in [6.07, 6.45) is 0.172. The van der Waals surface area contributed by atoms with Gasteiger partial charge in [0.15, 0.2) is 5.83 Å². The minimum atomic E-state index is -1.12. The van der Waals surface area contributed by atoms with Gasteiger partial charge in [0.25, 0.3) is 5.91 Å². The molecule has 0 heterocycles. The van der Waals surface area contributed by atoms with E-state index in [9.17, 15) is 18.8 Å². The third kappa shape index (κ3) is 9.42. The molecular formula is C13H21FN2O5. The van der Waals surface area contributed by atoms with Crippen LogP contribution in [0.5, 0.6) is 0 Å². The maximum atomic E-state index is 13.5. The summed E-state index contributed by atoms with van der Waals surface area (Å²) < 4.78 is 22.8. The van der Waals surface area contributed by atoms with E-state index in [4.69, 9.17) is 4.74 Å². The third-order valence-corrected chi connectivity index (χ3v) is 1.98. The van der Waals surface area contributed by atoms with Crippen molar-refractivity contribution in [3.63, 3.8) is 0 Å². The van der Waals surface area contributed by atoms with Crippen LogP contribution in [-0.2, 0) is 19.1 Å². The molecule has 1 atom stereocenters. The molecule has 0 aromatic carbocycles. The smallest absolute Gasteiger partial charge is 0.408 e. The van der Waals surface area contributed by atoms with Crippen LogP contribution >= 0.6 is 0 Å². The van der Waals surface area contributed by atoms with Crippen LogP contribution in [0.3, 0.4) is 0 Å². The largest absolute Gasteiger partial charge is 0.468 e. The molecule has 0 saturated carbocycles. The molecule has 0 bridgehead atoms. The summed E-state index contributed by atoms with van der Waals surface area (Å²) in [6, 6.07) is -0.760. The predicted octanol–water partition coefficient (Wildman–Crippen LogP) is 1.04. The van der Waals surface area contributed by atoms with E-state index in [-0.39, 0.29) is 0 Å². The van der Waals surface area contributed by atoms with Gasteiger partial charge in [-0.25, -0.2) is 9.18 Å². The zero-order valence-corrected chi connectivity index (χ0v) is 12.8. The molecule has 21 heavy (non-hydrogen) atoms. The lowest BCUT2D eigenvalue weighted by molar-refractivity contribution is -0.140. The fourth-order valence-electron chi connectivity index (χ4n) is 1.14. The van der Waals surface area contributed by atoms with Gasteiger partial charge in [-0.3, -0.25) is 9.59 Å². The topological polar surface area (TPSA) is 93.7 Å². The summed E-state index contributed by atoms with van der Waals surface area (Å²) in [4.78, 5) is 33.5. The number of methoxy groups -OCH3 is 1. The van der Waals surface area contributed by atoms with Crippen molar-refractivity contribution in [1.29, 1.82) is 0 Å². The minimum absolute atomic E-state index is 0.440. The fourth-order valence-corrected chi connectivity index (χ4v) is 1.14. The second-order valence-electron chi connectivity index (χ2n) is 5.21. The summed E-state index contributed by atoms with van der Waals surface area (Å²) >= 11 is 0. The van der Waals surface area contributed by atoms with Crippen LogP contribution in [0, 0.1) is 0 Å². The summed E-state index contributed by atoms with van der Waals surface area (Å²) in [6.45, 7) is 6.09. The number of amides is 2. The molecule has 2 amide bonds. The highest BCUT2D eigenvalue weighted by molar-refractivity contribution is 5.93. The first kappa shape index (κ1) is 18.9. The zero-order valence-electron chi connectivity index (χ0n) is 12.8. The Kier molecular flexibility index (Phi) is 7.40. The van der Waals surface area contributed by atoms with E-state index < -0.39 is 42.0 Å². The summed E-state index contributed by atoms with van der Waals surface area (Å²) in [5.41, 5.74) is -0.677. The first-order valence-electron chi connectivity index (χ1n) is 6.27. The van der Waals surface area contributed by atoms with E-state index >= 15 is 0 Å². The second kappa shape index (κ2) is 8.23. The predicted molar refractivity (Wildman–Crippen MR) is 73.0 cm³/mol. The van der Waals surface area contributed by atoms with E-state index in [1.165, 1.54) is 6.92 Å². The summed E-state index contributed by atoms with van der Waals surface area (Å²) in [5.74, 6) is -2.89. The fraction of sp³-hybridized carbons (Fsp3) is 0.615. The lowest BCUT2D eigenvalue weighted by atomic mass is 10.2. The van der Waals surface area contributed by atoms with Gasteiger partial charge in [-0.15, -0.1) is 0 Å². The van der Waals surface area contributed by atoms with Gasteiger partial charge in [-0.05, 0) is 33.8 Å². The van der Waals surface area contributed by atoms with Crippen LogP contribution < -0.4 is 10.6 Å². The first-order chi connectivity index (χ1) is 9.55. The van der Waals surface area contributed by atoms with Crippen molar-refractivity contribution in [1.82, 2.24) is 10.6 Å². The molecule has 0 aromatic rings. The second-order valence-corrected chi connectivity index (χ2v) is 5.21. The van der Waals surface area contributed by atoms with E-state index in [0.29, 0.717) is 0 Å². The molecule has 8 heteroatoms. The van der Waals surface area contributed by atoms with Gasteiger partial charge >= 0.3 is 12.1 Å². The molecule has 0 aromatic heterocycles. The highest BCUT2D eigenvalue weighted by Gasteiger charge is 2.18. The van der Waals surface area contributed by atoms with E-state index in [0.717, 1.165) is 13.2 Å². The Morgan fingerprint density at radius 2 is 1.86 bits per heavy atom. The third-order valence-electron chi connectivity index (χ3n) is 1.98. The minimum Gasteiger partial charge on any atom is -0.468 e. The van der Waals surface area contributed by atoms with E-state index in [2.05, 4.69) is 10.1 Å². The Labute approximate surface area is 122 Å². The highest BCUT2D eigenvalue weighted by atomic mass is 19.1. The number of esters is 1. The van der Waals surface area contributed by atoms with Gasteiger partial charge in [-0.2, -0.15) is 0 Å². The average molecular weight is 304 g/mol. The normalized spacial score (nSPS) is 13.1. The molecule has 0 radical (unpaired) electrons. The Morgan fingerprint density at radius 1 is 1.29 bits per heavy atom. The molecule has 0 rings (SSSR count). The SMILES string of the molecule is COC(=O)CNC(=O)/C(F)=C/C(C)NC(=O)OC(C)(C)C. The van der Waals surface area contributed by atoms with Crippen LogP contribution in [0.15, 0.2) is 11.9 Å². The molecule has 7 nitrogen and oxygen atoms in total. The van der Waals surface area contributed by atoms with Crippen molar-refractivity contribution in [3.05, 3.63) is 11.9 Å². The maximum Gasteiger partial charge on any atom is 0.408 e. The van der Waals surface area contributed by atoms with Crippen LogP contribution in [-0.4, -0.2) is 43.3 Å². The van der Waals surface area contributed by atoms with Crippen LogP contribution in [0.1, 0.15) is 27.7 Å². The Morgan fingerprint density at radius 3 is 2.33 bits per heavy atom. The van der Waals surface area contributed by atoms with E-state index in [1.54, 1.807) is 20.8 Å². The molecule has 0 saturated heterocycles. The number of hydrogen-bond acceptors (Lipinski definition) is 5. The lowest BCUT2D eigenvalue weighted by Gasteiger charge is -2.21. The van der Waals surface area contributed by atoms with Crippen molar-refractivity contribution >= 4 is 18.0 Å². The van der Waals surface area contributed by atoms with Crippen LogP contribution in [0.2, 0.25) is 0 Å². The van der Waals surface area contributed by atoms with Crippen LogP contribution in [0.25, 0.3) is 0 Å². The lowest BCUT2D eigenvalue weighted by Crippen LogP contribution is -2.37. The Bertz CT molecular complexity index is 429. The number of ether oxygens (including phenoxy) is 2. The maximum absolute atomic E-state index is 13.5. The van der Waals surface area contributed by atoms with Crippen molar-refractivity contribution in [2.24, 2.45) is 0 Å². The van der Waals surface area contributed by atoms with E-state index in [1.807, 2.05) is 5.32 Å². The molecular weight excluding hydrogens is 283 g/mol. The van der Waals surface area contributed by atoms with Gasteiger partial charge in [-0.1, -0.05) is 0 Å². The molecule has 1 unspecified atom stereocenters. The van der Waals surface area contributed by atoms with Crippen molar-refractivity contribution in [2.75, 3.05) is 13.7 Å². The summed E-state index contributed by atoms with van der Waals surface area (Å²) in [7, 11) is 1.15.